The quantitative estimate of drug-likeness (QED) is 0.847. The zero-order valence-corrected chi connectivity index (χ0v) is 13.7. The molecule has 0 saturated heterocycles. The van der Waals surface area contributed by atoms with E-state index in [-0.39, 0.29) is 11.9 Å². The molecule has 21 heavy (non-hydrogen) atoms. The average Bonchev–Trinajstić information content (AvgIpc) is 2.45. The molecule has 0 radical (unpaired) electrons. The van der Waals surface area contributed by atoms with Gasteiger partial charge >= 0.3 is 0 Å². The third-order valence-corrected chi connectivity index (χ3v) is 4.10. The minimum Gasteiger partial charge on any atom is -0.319 e. The summed E-state index contributed by atoms with van der Waals surface area (Å²) in [7, 11) is 0. The maximum Gasteiger partial charge on any atom is 0.293 e. The minimum atomic E-state index is -0.347. The van der Waals surface area contributed by atoms with Crippen LogP contribution in [0.3, 0.4) is 0 Å². The van der Waals surface area contributed by atoms with Crippen LogP contribution in [0.2, 0.25) is 10.0 Å². The molecule has 1 heterocycles. The third-order valence-electron chi connectivity index (χ3n) is 3.53. The Morgan fingerprint density at radius 2 is 1.95 bits per heavy atom. The number of halogens is 2. The summed E-state index contributed by atoms with van der Waals surface area (Å²) in [5.41, 5.74) is 2.71. The van der Waals surface area contributed by atoms with Gasteiger partial charge in [-0.25, -0.2) is 0 Å². The molecule has 5 heteroatoms. The van der Waals surface area contributed by atoms with Gasteiger partial charge in [0.15, 0.2) is 11.9 Å². The van der Waals surface area contributed by atoms with Crippen molar-refractivity contribution in [2.75, 3.05) is 5.32 Å². The van der Waals surface area contributed by atoms with Crippen molar-refractivity contribution >= 4 is 34.8 Å². The molecule has 0 spiro atoms. The highest BCUT2D eigenvalue weighted by atomic mass is 35.5. The van der Waals surface area contributed by atoms with E-state index in [1.54, 1.807) is 18.2 Å². The predicted molar refractivity (Wildman–Crippen MR) is 85.9 cm³/mol. The van der Waals surface area contributed by atoms with E-state index >= 15 is 0 Å². The van der Waals surface area contributed by atoms with Gasteiger partial charge in [0.1, 0.15) is 0 Å². The van der Waals surface area contributed by atoms with Crippen LogP contribution < -0.4 is 9.88 Å². The molecule has 0 unspecified atom stereocenters. The van der Waals surface area contributed by atoms with Crippen molar-refractivity contribution in [3.63, 3.8) is 0 Å². The minimum absolute atomic E-state index is 0.141. The van der Waals surface area contributed by atoms with Gasteiger partial charge in [-0.15, -0.1) is 0 Å². The Balaban J connectivity index is 2.24. The number of amides is 1. The van der Waals surface area contributed by atoms with Crippen molar-refractivity contribution in [1.29, 1.82) is 0 Å². The van der Waals surface area contributed by atoms with E-state index in [0.29, 0.717) is 15.7 Å². The summed E-state index contributed by atoms with van der Waals surface area (Å²) in [6.07, 6.45) is 1.89. The van der Waals surface area contributed by atoms with E-state index in [0.717, 1.165) is 11.3 Å². The normalized spacial score (nSPS) is 12.0. The summed E-state index contributed by atoms with van der Waals surface area (Å²) in [6.45, 7) is 5.86. The first kappa shape index (κ1) is 15.8. The fourth-order valence-electron chi connectivity index (χ4n) is 2.09. The Kier molecular flexibility index (Phi) is 4.86. The Bertz CT molecular complexity index is 686. The lowest BCUT2D eigenvalue weighted by molar-refractivity contribution is -0.711. The number of pyridine rings is 1. The van der Waals surface area contributed by atoms with E-state index in [2.05, 4.69) is 5.32 Å². The third kappa shape index (κ3) is 3.55. The molecule has 0 aliphatic rings. The van der Waals surface area contributed by atoms with E-state index in [9.17, 15) is 4.79 Å². The molecule has 1 N–H and O–H groups in total. The number of rotatable bonds is 3. The van der Waals surface area contributed by atoms with Gasteiger partial charge in [-0.1, -0.05) is 23.2 Å². The number of aromatic nitrogens is 1. The number of nitrogens with one attached hydrogen (secondary N) is 1. The standard InChI is InChI=1S/C16H16Cl2N2O/c1-10-5-4-8-20(11(10)2)12(3)16(21)19-15-9-13(17)6-7-14(15)18/h4-9,12H,1-3H3/p+1/t12-/m1/s1. The SMILES string of the molecule is Cc1ccc[n+]([C@H](C)C(=O)Nc2cc(Cl)ccc2Cl)c1C. The molecule has 0 saturated carbocycles. The zero-order chi connectivity index (χ0) is 15.6. The zero-order valence-electron chi connectivity index (χ0n) is 12.2. The largest absolute Gasteiger partial charge is 0.319 e. The Hall–Kier alpha value is -1.58. The lowest BCUT2D eigenvalue weighted by atomic mass is 10.2. The first-order valence-corrected chi connectivity index (χ1v) is 7.39. The van der Waals surface area contributed by atoms with Crippen LogP contribution in [0.1, 0.15) is 24.2 Å². The predicted octanol–water partition coefficient (Wildman–Crippen LogP) is 4.10. The number of benzene rings is 1. The fraction of sp³-hybridized carbons (Fsp3) is 0.250. The van der Waals surface area contributed by atoms with Crippen molar-refractivity contribution in [3.05, 3.63) is 57.8 Å². The second kappa shape index (κ2) is 6.46. The highest BCUT2D eigenvalue weighted by Gasteiger charge is 2.25. The fourth-order valence-corrected chi connectivity index (χ4v) is 2.43. The number of anilines is 1. The van der Waals surface area contributed by atoms with Crippen molar-refractivity contribution < 1.29 is 9.36 Å². The van der Waals surface area contributed by atoms with Crippen LogP contribution in [-0.4, -0.2) is 5.91 Å². The van der Waals surface area contributed by atoms with Crippen molar-refractivity contribution in [2.24, 2.45) is 0 Å². The molecule has 110 valence electrons. The Morgan fingerprint density at radius 1 is 1.24 bits per heavy atom. The number of carbonyl (C=O) groups excluding carboxylic acids is 1. The van der Waals surface area contributed by atoms with Crippen LogP contribution in [0.25, 0.3) is 0 Å². The van der Waals surface area contributed by atoms with Gasteiger partial charge in [-0.05, 0) is 31.2 Å². The molecule has 1 amide bonds. The highest BCUT2D eigenvalue weighted by molar-refractivity contribution is 6.35. The van der Waals surface area contributed by atoms with Crippen molar-refractivity contribution in [1.82, 2.24) is 0 Å². The van der Waals surface area contributed by atoms with E-state index in [1.807, 2.05) is 43.7 Å². The highest BCUT2D eigenvalue weighted by Crippen LogP contribution is 2.25. The molecule has 2 rings (SSSR count). The maximum atomic E-state index is 12.4. The van der Waals surface area contributed by atoms with Crippen molar-refractivity contribution in [3.8, 4) is 0 Å². The molecule has 2 aromatic rings. The summed E-state index contributed by atoms with van der Waals surface area (Å²) < 4.78 is 1.93. The number of nitrogens with zero attached hydrogens (tertiary/aromatic N) is 1. The Morgan fingerprint density at radius 3 is 2.67 bits per heavy atom. The Labute approximate surface area is 134 Å². The summed E-state index contributed by atoms with van der Waals surface area (Å²) >= 11 is 12.0. The number of aryl methyl sites for hydroxylation is 1. The van der Waals surface area contributed by atoms with E-state index in [4.69, 9.17) is 23.2 Å². The summed E-state index contributed by atoms with van der Waals surface area (Å²) in [5, 5.41) is 3.81. The van der Waals surface area contributed by atoms with Crippen LogP contribution in [-0.2, 0) is 4.79 Å². The van der Waals surface area contributed by atoms with Crippen molar-refractivity contribution in [2.45, 2.75) is 26.8 Å². The lowest BCUT2D eigenvalue weighted by Crippen LogP contribution is -2.47. The van der Waals surface area contributed by atoms with Gasteiger partial charge in [-0.2, -0.15) is 4.57 Å². The van der Waals surface area contributed by atoms with E-state index < -0.39 is 0 Å². The summed E-state index contributed by atoms with van der Waals surface area (Å²) in [6, 6.07) is 8.59. The molecule has 0 aliphatic heterocycles. The van der Waals surface area contributed by atoms with Gasteiger partial charge in [0.05, 0.1) is 10.7 Å². The second-order valence-corrected chi connectivity index (χ2v) is 5.82. The van der Waals surface area contributed by atoms with Crippen LogP contribution in [0.4, 0.5) is 5.69 Å². The molecule has 0 bridgehead atoms. The monoisotopic (exact) mass is 323 g/mol. The van der Waals surface area contributed by atoms with Gasteiger partial charge < -0.3 is 5.32 Å². The molecule has 1 aromatic heterocycles. The van der Waals surface area contributed by atoms with E-state index in [1.165, 1.54) is 0 Å². The molecular formula is C16H17Cl2N2O+. The molecule has 1 aromatic carbocycles. The number of hydrogen-bond donors (Lipinski definition) is 1. The van der Waals surface area contributed by atoms with Crippen LogP contribution in [0, 0.1) is 13.8 Å². The molecule has 0 aliphatic carbocycles. The molecule has 0 fully saturated rings. The second-order valence-electron chi connectivity index (χ2n) is 4.97. The topological polar surface area (TPSA) is 33.0 Å². The van der Waals surface area contributed by atoms with Gasteiger partial charge in [0.2, 0.25) is 6.04 Å². The van der Waals surface area contributed by atoms with Crippen LogP contribution >= 0.6 is 23.2 Å². The first-order valence-electron chi connectivity index (χ1n) is 6.63. The van der Waals surface area contributed by atoms with Crippen LogP contribution in [0.5, 0.6) is 0 Å². The van der Waals surface area contributed by atoms with Gasteiger partial charge in [-0.3, -0.25) is 4.79 Å². The van der Waals surface area contributed by atoms with Gasteiger partial charge in [0.25, 0.3) is 5.91 Å². The lowest BCUT2D eigenvalue weighted by Gasteiger charge is -2.12. The average molecular weight is 324 g/mol. The molecule has 3 nitrogen and oxygen atoms in total. The number of hydrogen-bond acceptors (Lipinski definition) is 1. The number of carbonyl (C=O) groups is 1. The summed E-state index contributed by atoms with van der Waals surface area (Å²) in [4.78, 5) is 12.4. The summed E-state index contributed by atoms with van der Waals surface area (Å²) in [5.74, 6) is -0.141. The molecular weight excluding hydrogens is 307 g/mol. The van der Waals surface area contributed by atoms with Gasteiger partial charge in [0, 0.05) is 30.5 Å². The molecule has 1 atom stereocenters. The first-order chi connectivity index (χ1) is 9.90. The smallest absolute Gasteiger partial charge is 0.293 e. The maximum absolute atomic E-state index is 12.4. The van der Waals surface area contributed by atoms with Crippen LogP contribution in [0.15, 0.2) is 36.5 Å².